The fraction of sp³-hybridized carbons (Fsp3) is 0.409. The summed E-state index contributed by atoms with van der Waals surface area (Å²) in [6.45, 7) is 2.40. The van der Waals surface area contributed by atoms with Crippen molar-refractivity contribution in [3.63, 3.8) is 0 Å². The number of likely N-dealkylation sites (tertiary alicyclic amines) is 1. The van der Waals surface area contributed by atoms with Crippen LogP contribution in [0, 0.1) is 0 Å². The van der Waals surface area contributed by atoms with Crippen LogP contribution >= 0.6 is 0 Å². The van der Waals surface area contributed by atoms with E-state index in [9.17, 15) is 4.79 Å². The van der Waals surface area contributed by atoms with Gasteiger partial charge in [-0.05, 0) is 24.0 Å². The standard InChI is InChI=1S/C22H28N2O2/c1-23(2)22(25)21(19-11-7-4-8-12-19)24-15-13-20(14-16-24)26-17-18-9-5-3-6-10-18/h3-12,20-21H,13-17H2,1-2H3. The van der Waals surface area contributed by atoms with Gasteiger partial charge in [-0.3, -0.25) is 9.69 Å². The maximum atomic E-state index is 12.8. The minimum absolute atomic E-state index is 0.139. The first-order valence-corrected chi connectivity index (χ1v) is 9.31. The minimum Gasteiger partial charge on any atom is -0.373 e. The molecule has 2 aromatic carbocycles. The Kier molecular flexibility index (Phi) is 6.42. The number of piperidine rings is 1. The van der Waals surface area contributed by atoms with Gasteiger partial charge in [0.05, 0.1) is 12.7 Å². The second kappa shape index (κ2) is 8.97. The molecule has 0 N–H and O–H groups in total. The van der Waals surface area contributed by atoms with Gasteiger partial charge in [-0.2, -0.15) is 0 Å². The molecule has 1 amide bonds. The maximum Gasteiger partial charge on any atom is 0.244 e. The molecule has 1 saturated heterocycles. The summed E-state index contributed by atoms with van der Waals surface area (Å²) in [6.07, 6.45) is 2.17. The highest BCUT2D eigenvalue weighted by atomic mass is 16.5. The molecular formula is C22H28N2O2. The first kappa shape index (κ1) is 18.6. The summed E-state index contributed by atoms with van der Waals surface area (Å²) in [5.74, 6) is 0.139. The molecule has 0 radical (unpaired) electrons. The van der Waals surface area contributed by atoms with E-state index in [0.717, 1.165) is 31.5 Å². The molecule has 1 aliphatic rings. The van der Waals surface area contributed by atoms with Crippen LogP contribution in [-0.2, 0) is 16.1 Å². The summed E-state index contributed by atoms with van der Waals surface area (Å²) in [4.78, 5) is 16.8. The number of carbonyl (C=O) groups is 1. The second-order valence-corrected chi connectivity index (χ2v) is 7.08. The molecule has 0 aliphatic carbocycles. The van der Waals surface area contributed by atoms with Crippen LogP contribution in [-0.4, -0.2) is 49.0 Å². The van der Waals surface area contributed by atoms with Gasteiger partial charge in [0.1, 0.15) is 6.04 Å². The average Bonchev–Trinajstić information content (AvgIpc) is 2.69. The number of hydrogen-bond donors (Lipinski definition) is 0. The first-order chi connectivity index (χ1) is 12.6. The molecule has 0 spiro atoms. The van der Waals surface area contributed by atoms with E-state index in [1.807, 2.05) is 62.6 Å². The van der Waals surface area contributed by atoms with E-state index < -0.39 is 0 Å². The Bertz CT molecular complexity index is 680. The first-order valence-electron chi connectivity index (χ1n) is 9.31. The van der Waals surface area contributed by atoms with Crippen molar-refractivity contribution in [2.45, 2.75) is 31.6 Å². The number of benzene rings is 2. The van der Waals surface area contributed by atoms with Crippen LogP contribution in [0.15, 0.2) is 60.7 Å². The average molecular weight is 352 g/mol. The number of rotatable bonds is 6. The van der Waals surface area contributed by atoms with E-state index in [-0.39, 0.29) is 18.1 Å². The number of carbonyl (C=O) groups excluding carboxylic acids is 1. The van der Waals surface area contributed by atoms with Gasteiger partial charge >= 0.3 is 0 Å². The molecular weight excluding hydrogens is 324 g/mol. The van der Waals surface area contributed by atoms with Crippen molar-refractivity contribution >= 4 is 5.91 Å². The Morgan fingerprint density at radius 2 is 1.62 bits per heavy atom. The highest BCUT2D eigenvalue weighted by Crippen LogP contribution is 2.27. The lowest BCUT2D eigenvalue weighted by Gasteiger charge is -2.37. The van der Waals surface area contributed by atoms with Crippen LogP contribution in [0.3, 0.4) is 0 Å². The van der Waals surface area contributed by atoms with Crippen LogP contribution in [0.4, 0.5) is 0 Å². The molecule has 0 bridgehead atoms. The molecule has 138 valence electrons. The van der Waals surface area contributed by atoms with E-state index in [0.29, 0.717) is 6.61 Å². The lowest BCUT2D eigenvalue weighted by atomic mass is 9.99. The molecule has 0 saturated carbocycles. The van der Waals surface area contributed by atoms with Crippen molar-refractivity contribution in [2.24, 2.45) is 0 Å². The summed E-state index contributed by atoms with van der Waals surface area (Å²) in [5, 5.41) is 0. The number of hydrogen-bond acceptors (Lipinski definition) is 3. The van der Waals surface area contributed by atoms with Gasteiger partial charge in [-0.1, -0.05) is 60.7 Å². The highest BCUT2D eigenvalue weighted by molar-refractivity contribution is 5.82. The molecule has 3 rings (SSSR count). The molecule has 4 nitrogen and oxygen atoms in total. The zero-order chi connectivity index (χ0) is 18.4. The third-order valence-electron chi connectivity index (χ3n) is 4.96. The van der Waals surface area contributed by atoms with Crippen molar-refractivity contribution in [3.05, 3.63) is 71.8 Å². The zero-order valence-electron chi connectivity index (χ0n) is 15.7. The topological polar surface area (TPSA) is 32.8 Å². The predicted molar refractivity (Wildman–Crippen MR) is 104 cm³/mol. The van der Waals surface area contributed by atoms with Crippen molar-refractivity contribution in [3.8, 4) is 0 Å². The number of likely N-dealkylation sites (N-methyl/N-ethyl adjacent to an activating group) is 1. The second-order valence-electron chi connectivity index (χ2n) is 7.08. The lowest BCUT2D eigenvalue weighted by Crippen LogP contribution is -2.45. The lowest BCUT2D eigenvalue weighted by molar-refractivity contribution is -0.136. The Balaban J connectivity index is 1.60. The van der Waals surface area contributed by atoms with Crippen molar-refractivity contribution < 1.29 is 9.53 Å². The smallest absolute Gasteiger partial charge is 0.244 e. The van der Waals surface area contributed by atoms with Gasteiger partial charge in [0, 0.05) is 27.2 Å². The zero-order valence-corrected chi connectivity index (χ0v) is 15.7. The van der Waals surface area contributed by atoms with Crippen molar-refractivity contribution in [1.29, 1.82) is 0 Å². The van der Waals surface area contributed by atoms with Gasteiger partial charge in [0.15, 0.2) is 0 Å². The van der Waals surface area contributed by atoms with Crippen LogP contribution in [0.1, 0.15) is 30.0 Å². The highest BCUT2D eigenvalue weighted by Gasteiger charge is 2.32. The molecule has 2 aromatic rings. The summed E-state index contributed by atoms with van der Waals surface area (Å²) in [7, 11) is 3.65. The van der Waals surface area contributed by atoms with Crippen LogP contribution < -0.4 is 0 Å². The largest absolute Gasteiger partial charge is 0.373 e. The van der Waals surface area contributed by atoms with E-state index in [1.165, 1.54) is 5.56 Å². The van der Waals surface area contributed by atoms with Crippen molar-refractivity contribution in [2.75, 3.05) is 27.2 Å². The molecule has 4 heteroatoms. The Morgan fingerprint density at radius 3 is 2.19 bits per heavy atom. The molecule has 0 aromatic heterocycles. The van der Waals surface area contributed by atoms with Gasteiger partial charge in [-0.25, -0.2) is 0 Å². The summed E-state index contributed by atoms with van der Waals surface area (Å²) in [5.41, 5.74) is 2.27. The monoisotopic (exact) mass is 352 g/mol. The fourth-order valence-electron chi connectivity index (χ4n) is 3.48. The Labute approximate surface area is 156 Å². The molecule has 1 aliphatic heterocycles. The summed E-state index contributed by atoms with van der Waals surface area (Å²) in [6, 6.07) is 20.2. The molecule has 26 heavy (non-hydrogen) atoms. The number of nitrogens with zero attached hydrogens (tertiary/aromatic N) is 2. The number of ether oxygens (including phenoxy) is 1. The van der Waals surface area contributed by atoms with Gasteiger partial charge in [0.25, 0.3) is 0 Å². The normalized spacial score (nSPS) is 17.0. The van der Waals surface area contributed by atoms with E-state index in [2.05, 4.69) is 17.0 Å². The van der Waals surface area contributed by atoms with Gasteiger partial charge in [-0.15, -0.1) is 0 Å². The predicted octanol–water partition coefficient (Wildman–Crippen LogP) is 3.50. The molecule has 1 unspecified atom stereocenters. The van der Waals surface area contributed by atoms with E-state index in [1.54, 1.807) is 4.90 Å². The van der Waals surface area contributed by atoms with Gasteiger partial charge < -0.3 is 9.64 Å². The Morgan fingerprint density at radius 1 is 1.04 bits per heavy atom. The SMILES string of the molecule is CN(C)C(=O)C(c1ccccc1)N1CCC(OCc2ccccc2)CC1. The number of amides is 1. The molecule has 1 heterocycles. The molecule has 1 atom stereocenters. The Hall–Kier alpha value is -2.17. The van der Waals surface area contributed by atoms with E-state index in [4.69, 9.17) is 4.74 Å². The van der Waals surface area contributed by atoms with Gasteiger partial charge in [0.2, 0.25) is 5.91 Å². The van der Waals surface area contributed by atoms with Crippen LogP contribution in [0.5, 0.6) is 0 Å². The molecule has 1 fully saturated rings. The third kappa shape index (κ3) is 4.71. The minimum atomic E-state index is -0.207. The fourth-order valence-corrected chi connectivity index (χ4v) is 3.48. The quantitative estimate of drug-likeness (QED) is 0.798. The third-order valence-corrected chi connectivity index (χ3v) is 4.96. The van der Waals surface area contributed by atoms with Crippen LogP contribution in [0.25, 0.3) is 0 Å². The van der Waals surface area contributed by atoms with Crippen LogP contribution in [0.2, 0.25) is 0 Å². The maximum absolute atomic E-state index is 12.8. The summed E-state index contributed by atoms with van der Waals surface area (Å²) < 4.78 is 6.09. The van der Waals surface area contributed by atoms with Crippen molar-refractivity contribution in [1.82, 2.24) is 9.80 Å². The van der Waals surface area contributed by atoms with E-state index >= 15 is 0 Å². The summed E-state index contributed by atoms with van der Waals surface area (Å²) >= 11 is 0.